The predicted molar refractivity (Wildman–Crippen MR) is 183 cm³/mol. The van der Waals surface area contributed by atoms with Crippen LogP contribution in [0.25, 0.3) is 0 Å². The van der Waals surface area contributed by atoms with Gasteiger partial charge in [-0.15, -0.1) is 5.10 Å². The van der Waals surface area contributed by atoms with Crippen molar-refractivity contribution in [2.75, 3.05) is 159 Å². The lowest BCUT2D eigenvalue weighted by Gasteiger charge is -2.09. The lowest BCUT2D eigenvalue weighted by atomic mass is 10.1. The smallest absolute Gasteiger partial charge is 0.0852 e. The highest BCUT2D eigenvalue weighted by Crippen LogP contribution is 2.08. The van der Waals surface area contributed by atoms with E-state index in [2.05, 4.69) is 38.0 Å². The Kier molecular flexibility index (Phi) is 34.0. The molecule has 1 aromatic heterocycles. The maximum absolute atomic E-state index is 5.57. The molecule has 0 aliphatic heterocycles. The van der Waals surface area contributed by atoms with Crippen LogP contribution in [0.15, 0.2) is 6.20 Å². The summed E-state index contributed by atoms with van der Waals surface area (Å²) in [5.41, 5.74) is 0.990. The van der Waals surface area contributed by atoms with E-state index >= 15 is 0 Å². The lowest BCUT2D eigenvalue weighted by molar-refractivity contribution is -0.0284. The number of rotatable bonds is 40. The average Bonchev–Trinajstić information content (AvgIpc) is 3.57. The Labute approximate surface area is 294 Å². The molecule has 15 heteroatoms. The Bertz CT molecular complexity index is 791. The fraction of sp³-hybridized carbons (Fsp3) is 0.941. The maximum Gasteiger partial charge on any atom is 0.0852 e. The summed E-state index contributed by atoms with van der Waals surface area (Å²) in [4.78, 5) is 0. The molecule has 1 aromatic rings. The van der Waals surface area contributed by atoms with Gasteiger partial charge in [-0.2, -0.15) is 0 Å². The number of nitrogens with zero attached hydrogens (tertiary/aromatic N) is 3. The molecule has 0 N–H and O–H groups in total. The van der Waals surface area contributed by atoms with Crippen molar-refractivity contribution in [1.29, 1.82) is 0 Å². The molecule has 0 amide bonds. The second kappa shape index (κ2) is 36.5. The Morgan fingerprint density at radius 2 is 0.673 bits per heavy atom. The fourth-order valence-corrected chi connectivity index (χ4v) is 3.69. The van der Waals surface area contributed by atoms with Crippen molar-refractivity contribution in [3.8, 4) is 0 Å². The molecule has 0 aliphatic rings. The first-order valence-electron chi connectivity index (χ1n) is 17.9. The Morgan fingerprint density at radius 1 is 0.408 bits per heavy atom. The van der Waals surface area contributed by atoms with Crippen molar-refractivity contribution in [2.45, 2.75) is 46.6 Å². The second-order valence-electron chi connectivity index (χ2n) is 11.6. The van der Waals surface area contributed by atoms with Crippen LogP contribution in [0.1, 0.15) is 45.7 Å². The SMILES string of the molecule is CC(C)CCOCCOCCOCCOCCOCCOCCOCCOCCOCCOCCOCCOCCn1cc(C(C)C)nn1. The molecule has 0 saturated heterocycles. The van der Waals surface area contributed by atoms with Crippen molar-refractivity contribution in [2.24, 2.45) is 5.92 Å². The third-order valence-electron chi connectivity index (χ3n) is 6.54. The van der Waals surface area contributed by atoms with Gasteiger partial charge >= 0.3 is 0 Å². The second-order valence-corrected chi connectivity index (χ2v) is 11.6. The van der Waals surface area contributed by atoms with Crippen molar-refractivity contribution < 1.29 is 56.8 Å². The molecule has 1 rings (SSSR count). The lowest BCUT2D eigenvalue weighted by Crippen LogP contribution is -2.15. The minimum absolute atomic E-state index is 0.376. The fourth-order valence-electron chi connectivity index (χ4n) is 3.69. The molecular weight excluding hydrogens is 642 g/mol. The van der Waals surface area contributed by atoms with Crippen LogP contribution in [0.3, 0.4) is 0 Å². The highest BCUT2D eigenvalue weighted by atomic mass is 16.6. The van der Waals surface area contributed by atoms with Crippen molar-refractivity contribution in [3.05, 3.63) is 11.9 Å². The highest BCUT2D eigenvalue weighted by Gasteiger charge is 2.04. The van der Waals surface area contributed by atoms with Gasteiger partial charge in [0.2, 0.25) is 0 Å². The largest absolute Gasteiger partial charge is 0.379 e. The maximum atomic E-state index is 5.57. The van der Waals surface area contributed by atoms with Crippen LogP contribution in [0.2, 0.25) is 0 Å². The van der Waals surface area contributed by atoms with Crippen LogP contribution in [0, 0.1) is 5.92 Å². The summed E-state index contributed by atoms with van der Waals surface area (Å²) in [5.74, 6) is 1.04. The van der Waals surface area contributed by atoms with Crippen LogP contribution in [0.4, 0.5) is 0 Å². The molecule has 0 radical (unpaired) electrons. The Hall–Kier alpha value is -1.34. The zero-order chi connectivity index (χ0) is 35.3. The van der Waals surface area contributed by atoms with E-state index < -0.39 is 0 Å². The molecule has 0 unspecified atom stereocenters. The van der Waals surface area contributed by atoms with E-state index in [0.29, 0.717) is 170 Å². The van der Waals surface area contributed by atoms with E-state index in [-0.39, 0.29) is 0 Å². The Balaban J connectivity index is 1.63. The molecule has 0 fully saturated rings. The van der Waals surface area contributed by atoms with Crippen molar-refractivity contribution in [1.82, 2.24) is 15.0 Å². The summed E-state index contributed by atoms with van der Waals surface area (Å²) in [6.45, 7) is 22.3. The Morgan fingerprint density at radius 3 is 0.918 bits per heavy atom. The van der Waals surface area contributed by atoms with Gasteiger partial charge in [-0.05, 0) is 18.3 Å². The van der Waals surface area contributed by atoms with Gasteiger partial charge < -0.3 is 56.8 Å². The molecule has 0 spiro atoms. The molecule has 1 heterocycles. The third kappa shape index (κ3) is 33.6. The van der Waals surface area contributed by atoms with Crippen molar-refractivity contribution >= 4 is 0 Å². The van der Waals surface area contributed by atoms with Gasteiger partial charge in [-0.1, -0.05) is 32.9 Å². The molecule has 0 saturated carbocycles. The summed E-state index contributed by atoms with van der Waals surface area (Å²) < 4.78 is 67.8. The van der Waals surface area contributed by atoms with Gasteiger partial charge in [0.1, 0.15) is 0 Å². The zero-order valence-corrected chi connectivity index (χ0v) is 30.9. The van der Waals surface area contributed by atoms with Crippen LogP contribution in [0.5, 0.6) is 0 Å². The first-order valence-corrected chi connectivity index (χ1v) is 17.9. The van der Waals surface area contributed by atoms with E-state index in [9.17, 15) is 0 Å². The number of hydrogen-bond donors (Lipinski definition) is 0. The van der Waals surface area contributed by atoms with E-state index in [1.807, 2.05) is 6.20 Å². The monoisotopic (exact) mass is 709 g/mol. The number of hydrogen-bond acceptors (Lipinski definition) is 14. The highest BCUT2D eigenvalue weighted by molar-refractivity contribution is 4.97. The molecule has 49 heavy (non-hydrogen) atoms. The van der Waals surface area contributed by atoms with E-state index in [0.717, 1.165) is 18.7 Å². The quantitative estimate of drug-likeness (QED) is 0.0922. The number of aromatic nitrogens is 3. The van der Waals surface area contributed by atoms with E-state index in [4.69, 9.17) is 56.8 Å². The molecule has 0 aromatic carbocycles. The standard InChI is InChI=1S/C34H67N3O12/c1-32(2)5-7-38-9-11-40-13-15-42-17-19-44-21-23-46-25-27-48-29-30-49-28-26-47-24-22-45-20-18-43-16-14-41-12-10-39-8-6-37-31-34(33(3)4)35-36-37/h31-33H,5-30H2,1-4H3. The summed E-state index contributed by atoms with van der Waals surface area (Å²) in [6, 6.07) is 0. The van der Waals surface area contributed by atoms with Crippen LogP contribution >= 0.6 is 0 Å². The first kappa shape index (κ1) is 45.7. The first-order chi connectivity index (χ1) is 24.1. The van der Waals surface area contributed by atoms with Gasteiger partial charge in [-0.3, -0.25) is 0 Å². The minimum Gasteiger partial charge on any atom is -0.379 e. The topological polar surface area (TPSA) is 141 Å². The summed E-state index contributed by atoms with van der Waals surface area (Å²) in [5, 5.41) is 8.22. The zero-order valence-electron chi connectivity index (χ0n) is 30.9. The van der Waals surface area contributed by atoms with E-state index in [1.54, 1.807) is 4.68 Å². The third-order valence-corrected chi connectivity index (χ3v) is 6.54. The summed E-state index contributed by atoms with van der Waals surface area (Å²) in [7, 11) is 0. The average molecular weight is 710 g/mol. The van der Waals surface area contributed by atoms with Gasteiger partial charge in [0.15, 0.2) is 0 Å². The molecule has 15 nitrogen and oxygen atoms in total. The summed E-state index contributed by atoms with van der Waals surface area (Å²) >= 11 is 0. The molecule has 0 atom stereocenters. The van der Waals surface area contributed by atoms with Crippen LogP contribution in [-0.4, -0.2) is 174 Å². The van der Waals surface area contributed by atoms with Gasteiger partial charge in [0.25, 0.3) is 0 Å². The van der Waals surface area contributed by atoms with Gasteiger partial charge in [0.05, 0.1) is 164 Å². The number of ether oxygens (including phenoxy) is 12. The molecular formula is C34H67N3O12. The predicted octanol–water partition coefficient (Wildman–Crippen LogP) is 2.65. The minimum atomic E-state index is 0.376. The van der Waals surface area contributed by atoms with Gasteiger partial charge in [-0.25, -0.2) is 4.68 Å². The van der Waals surface area contributed by atoms with Crippen LogP contribution in [-0.2, 0) is 63.4 Å². The van der Waals surface area contributed by atoms with Crippen molar-refractivity contribution in [3.63, 3.8) is 0 Å². The van der Waals surface area contributed by atoms with Crippen LogP contribution < -0.4 is 0 Å². The van der Waals surface area contributed by atoms with Gasteiger partial charge in [0, 0.05) is 12.8 Å². The molecule has 290 valence electrons. The summed E-state index contributed by atoms with van der Waals surface area (Å²) in [6.07, 6.45) is 3.04. The van der Waals surface area contributed by atoms with E-state index in [1.165, 1.54) is 0 Å². The molecule has 0 aliphatic carbocycles. The molecule has 0 bridgehead atoms. The normalized spacial score (nSPS) is 11.9.